The number of nitrogens with one attached hydrogen (secondary N) is 2. The van der Waals surface area contributed by atoms with Crippen molar-refractivity contribution in [3.63, 3.8) is 0 Å². The zero-order valence-corrected chi connectivity index (χ0v) is 15.5. The van der Waals surface area contributed by atoms with Crippen molar-refractivity contribution in [3.05, 3.63) is 24.0 Å². The molecule has 0 aromatic carbocycles. The van der Waals surface area contributed by atoms with Gasteiger partial charge in [0.2, 0.25) is 5.91 Å². The third kappa shape index (κ3) is 4.05. The minimum atomic E-state index is -0.499. The molecular weight excluding hydrogens is 354 g/mol. The summed E-state index contributed by atoms with van der Waals surface area (Å²) in [7, 11) is 1.34. The average Bonchev–Trinajstić information content (AvgIpc) is 3.22. The number of hydrogen-bond donors (Lipinski definition) is 2. The second-order valence-electron chi connectivity index (χ2n) is 6.64. The van der Waals surface area contributed by atoms with Gasteiger partial charge in [0.25, 0.3) is 0 Å². The highest BCUT2D eigenvalue weighted by molar-refractivity contribution is 7.14. The van der Waals surface area contributed by atoms with Gasteiger partial charge in [-0.3, -0.25) is 9.59 Å². The predicted octanol–water partition coefficient (Wildman–Crippen LogP) is 3.49. The summed E-state index contributed by atoms with van der Waals surface area (Å²) in [5.74, 6) is -0.534. The van der Waals surface area contributed by atoms with Crippen LogP contribution in [0.2, 0.25) is 0 Å². The molecule has 0 fully saturated rings. The molecule has 26 heavy (non-hydrogen) atoms. The summed E-state index contributed by atoms with van der Waals surface area (Å²) in [6.07, 6.45) is 3.63. The van der Waals surface area contributed by atoms with Crippen molar-refractivity contribution in [2.24, 2.45) is 5.41 Å². The van der Waals surface area contributed by atoms with Gasteiger partial charge in [0.1, 0.15) is 23.4 Å². The number of aromatic nitrogens is 4. The zero-order chi connectivity index (χ0) is 18.7. The van der Waals surface area contributed by atoms with E-state index in [0.717, 1.165) is 11.0 Å². The smallest absolute Gasteiger partial charge is 0.306 e. The molecule has 3 rings (SSSR count). The second kappa shape index (κ2) is 7.20. The topological polar surface area (TPSA) is 110 Å². The fourth-order valence-electron chi connectivity index (χ4n) is 2.64. The quantitative estimate of drug-likeness (QED) is 0.636. The molecule has 8 nitrogen and oxygen atoms in total. The Labute approximate surface area is 157 Å². The molecule has 9 heteroatoms. The Morgan fingerprint density at radius 1 is 1.35 bits per heavy atom. The van der Waals surface area contributed by atoms with Crippen LogP contribution in [-0.2, 0) is 14.3 Å². The molecule has 0 unspecified atom stereocenters. The van der Waals surface area contributed by atoms with Crippen molar-refractivity contribution < 1.29 is 17.2 Å². The number of anilines is 1. The summed E-state index contributed by atoms with van der Waals surface area (Å²) in [6.45, 7) is 3.70. The lowest BCUT2D eigenvalue weighted by Crippen LogP contribution is -2.25. The molecule has 0 bridgehead atoms. The molecule has 0 spiro atoms. The number of aromatic amines is 1. The van der Waals surface area contributed by atoms with E-state index in [1.54, 1.807) is 6.20 Å². The number of nitrogens with zero attached hydrogens (tertiary/aromatic N) is 3. The van der Waals surface area contributed by atoms with Crippen LogP contribution in [0.4, 0.5) is 5.13 Å². The predicted molar refractivity (Wildman–Crippen MR) is 103 cm³/mol. The number of ether oxygens (including phenoxy) is 1. The van der Waals surface area contributed by atoms with Gasteiger partial charge in [-0.2, -0.15) is 0 Å². The number of carbonyl (C=O) groups excluding carboxylic acids is 2. The summed E-state index contributed by atoms with van der Waals surface area (Å²) in [5.41, 5.74) is 1.62. The zero-order valence-electron chi connectivity index (χ0n) is 14.7. The number of methoxy groups -OCH3 is 1. The Morgan fingerprint density at radius 2 is 2.15 bits per heavy atom. The van der Waals surface area contributed by atoms with Crippen LogP contribution >= 0.6 is 11.3 Å². The highest BCUT2D eigenvalue weighted by Crippen LogP contribution is 2.29. The maximum Gasteiger partial charge on any atom is 0.306 e. The van der Waals surface area contributed by atoms with Crippen LogP contribution in [0.1, 0.15) is 29.5 Å². The van der Waals surface area contributed by atoms with Crippen LogP contribution in [0.25, 0.3) is 22.4 Å². The number of amides is 1. The van der Waals surface area contributed by atoms with E-state index in [2.05, 4.69) is 30.0 Å². The van der Waals surface area contributed by atoms with Gasteiger partial charge >= 0.3 is 5.97 Å². The largest absolute Gasteiger partial charge is 0.469 e. The van der Waals surface area contributed by atoms with Crippen LogP contribution in [0.3, 0.4) is 0 Å². The van der Waals surface area contributed by atoms with Gasteiger partial charge in [-0.25, -0.2) is 15.0 Å². The molecule has 2 N–H and O–H groups in total. The van der Waals surface area contributed by atoms with E-state index in [0.29, 0.717) is 16.5 Å². The maximum absolute atomic E-state index is 12.3. The van der Waals surface area contributed by atoms with E-state index in [4.69, 9.17) is 0 Å². The van der Waals surface area contributed by atoms with Crippen LogP contribution in [0.5, 0.6) is 0 Å². The number of carbonyl (C=O) groups is 2. The molecule has 3 aromatic rings. The molecule has 0 saturated heterocycles. The second-order valence-corrected chi connectivity index (χ2v) is 7.50. The summed E-state index contributed by atoms with van der Waals surface area (Å²) >= 11 is 1.32. The summed E-state index contributed by atoms with van der Waals surface area (Å²) < 4.78 is 4.67. The van der Waals surface area contributed by atoms with Crippen molar-refractivity contribution in [2.45, 2.75) is 26.7 Å². The van der Waals surface area contributed by atoms with Gasteiger partial charge in [-0.1, -0.05) is 13.8 Å². The van der Waals surface area contributed by atoms with E-state index in [1.807, 2.05) is 25.3 Å². The van der Waals surface area contributed by atoms with Crippen LogP contribution in [-0.4, -0.2) is 38.9 Å². The SMILES string of the molecule is COC(=O)CC(C)(C)CC(=O)Nc1nc(-c2ncnc3[nH]ccc23)cs1.[HH].[HH]. The van der Waals surface area contributed by atoms with Crippen molar-refractivity contribution in [3.8, 4) is 11.4 Å². The number of rotatable bonds is 6. The number of esters is 1. The van der Waals surface area contributed by atoms with E-state index >= 15 is 0 Å². The molecule has 0 aliphatic rings. The first kappa shape index (κ1) is 18.0. The highest BCUT2D eigenvalue weighted by Gasteiger charge is 2.26. The van der Waals surface area contributed by atoms with Gasteiger partial charge in [-0.15, -0.1) is 11.3 Å². The minimum Gasteiger partial charge on any atom is -0.469 e. The van der Waals surface area contributed by atoms with Crippen LogP contribution in [0.15, 0.2) is 24.0 Å². The molecule has 0 aliphatic heterocycles. The molecule has 140 valence electrons. The van der Waals surface area contributed by atoms with Crippen molar-refractivity contribution >= 4 is 39.4 Å². The first-order valence-corrected chi connectivity index (χ1v) is 8.86. The Morgan fingerprint density at radius 3 is 2.92 bits per heavy atom. The molecule has 0 aliphatic carbocycles. The van der Waals surface area contributed by atoms with Crippen molar-refractivity contribution in [1.29, 1.82) is 0 Å². The van der Waals surface area contributed by atoms with Crippen LogP contribution in [0, 0.1) is 5.41 Å². The van der Waals surface area contributed by atoms with Gasteiger partial charge in [-0.05, 0) is 11.5 Å². The first-order chi connectivity index (χ1) is 12.4. The van der Waals surface area contributed by atoms with Gasteiger partial charge < -0.3 is 15.0 Å². The molecular formula is C17H23N5O3S. The number of fused-ring (bicyclic) bond motifs is 1. The monoisotopic (exact) mass is 377 g/mol. The number of hydrogen-bond acceptors (Lipinski definition) is 7. The lowest BCUT2D eigenvalue weighted by atomic mass is 9.85. The minimum absolute atomic E-state index is 0. The van der Waals surface area contributed by atoms with Gasteiger partial charge in [0.05, 0.1) is 13.5 Å². The number of thiazole rings is 1. The summed E-state index contributed by atoms with van der Waals surface area (Å²) in [4.78, 5) is 39.6. The van der Waals surface area contributed by atoms with E-state index in [1.165, 1.54) is 24.8 Å². The summed E-state index contributed by atoms with van der Waals surface area (Å²) in [5, 5.41) is 5.98. The first-order valence-electron chi connectivity index (χ1n) is 7.98. The third-order valence-electron chi connectivity index (χ3n) is 3.84. The van der Waals surface area contributed by atoms with Gasteiger partial charge in [0.15, 0.2) is 5.13 Å². The summed E-state index contributed by atoms with van der Waals surface area (Å²) in [6, 6.07) is 1.89. The molecule has 0 saturated carbocycles. The van der Waals surface area contributed by atoms with Crippen LogP contribution < -0.4 is 5.32 Å². The average molecular weight is 377 g/mol. The maximum atomic E-state index is 12.3. The lowest BCUT2D eigenvalue weighted by molar-refractivity contribution is -0.143. The fraction of sp³-hybridized carbons (Fsp3) is 0.353. The fourth-order valence-corrected chi connectivity index (χ4v) is 3.35. The molecule has 3 heterocycles. The molecule has 3 aromatic heterocycles. The molecule has 0 radical (unpaired) electrons. The third-order valence-corrected chi connectivity index (χ3v) is 4.59. The van der Waals surface area contributed by atoms with Gasteiger partial charge in [0, 0.05) is 26.2 Å². The van der Waals surface area contributed by atoms with E-state index in [9.17, 15) is 9.59 Å². The van der Waals surface area contributed by atoms with Crippen molar-refractivity contribution in [2.75, 3.05) is 12.4 Å². The molecule has 1 amide bonds. The van der Waals surface area contributed by atoms with Crippen molar-refractivity contribution in [1.82, 2.24) is 19.9 Å². The number of H-pyrrole nitrogens is 1. The Kier molecular flexibility index (Phi) is 4.99. The Balaban J connectivity index is 0.00000196. The normalized spacial score (nSPS) is 11.5. The van der Waals surface area contributed by atoms with E-state index in [-0.39, 0.29) is 27.6 Å². The van der Waals surface area contributed by atoms with E-state index < -0.39 is 5.41 Å². The molecule has 0 atom stereocenters. The highest BCUT2D eigenvalue weighted by atomic mass is 32.1. The Hall–Kier alpha value is -2.81. The Bertz CT molecular complexity index is 957. The lowest BCUT2D eigenvalue weighted by Gasteiger charge is -2.21. The standard InChI is InChI=1S/C17H19N5O3S.2H2/c1-17(2,7-13(24)25-3)6-12(23)22-16-21-11(8-26-16)14-10-4-5-18-15(10)20-9-19-14;;/h4-5,8-9H,6-7H2,1-3H3,(H,18,19,20)(H,21,22,23);2*1H.